The Morgan fingerprint density at radius 1 is 1.18 bits per heavy atom. The van der Waals surface area contributed by atoms with Crippen molar-refractivity contribution in [2.45, 2.75) is 13.8 Å². The molecule has 4 rings (SSSR count). The normalized spacial score (nSPS) is 10.8. The summed E-state index contributed by atoms with van der Waals surface area (Å²) in [6.45, 7) is 4.19. The Bertz CT molecular complexity index is 1130. The van der Waals surface area contributed by atoms with Gasteiger partial charge in [-0.3, -0.25) is 9.38 Å². The van der Waals surface area contributed by atoms with Crippen LogP contribution < -0.4 is 5.32 Å². The van der Waals surface area contributed by atoms with E-state index >= 15 is 0 Å². The summed E-state index contributed by atoms with van der Waals surface area (Å²) in [7, 11) is 0. The molecule has 0 radical (unpaired) electrons. The molecule has 0 saturated carbocycles. The van der Waals surface area contributed by atoms with E-state index in [0.29, 0.717) is 12.2 Å². The van der Waals surface area contributed by atoms with Crippen LogP contribution in [0, 0.1) is 6.92 Å². The molecule has 2 heterocycles. The summed E-state index contributed by atoms with van der Waals surface area (Å²) in [6.07, 6.45) is 5.29. The predicted octanol–water partition coefficient (Wildman–Crippen LogP) is 4.63. The summed E-state index contributed by atoms with van der Waals surface area (Å²) in [5.74, 6) is 0.467. The minimum atomic E-state index is -0.341. The number of aryl methyl sites for hydroxylation is 1. The van der Waals surface area contributed by atoms with E-state index in [4.69, 9.17) is 9.72 Å². The quantitative estimate of drug-likeness (QED) is 0.518. The van der Waals surface area contributed by atoms with Gasteiger partial charge < -0.3 is 10.1 Å². The number of nitrogens with one attached hydrogen (secondary N) is 1. The van der Waals surface area contributed by atoms with Crippen LogP contribution >= 0.6 is 0 Å². The standard InChI is InChI=1S/C22H20N4O2/c1-3-28-22(27)17-5-4-6-18(13-17)24-21-20(16-9-7-15(2)8-10-16)25-19-14-23-11-12-26(19)21/h4-14,24H,3H2,1-2H3. The highest BCUT2D eigenvalue weighted by Crippen LogP contribution is 2.31. The van der Waals surface area contributed by atoms with Crippen molar-refractivity contribution in [1.29, 1.82) is 0 Å². The van der Waals surface area contributed by atoms with Crippen LogP contribution in [0.5, 0.6) is 0 Å². The van der Waals surface area contributed by atoms with Gasteiger partial charge in [-0.25, -0.2) is 9.78 Å². The number of nitrogens with zero attached hydrogens (tertiary/aromatic N) is 3. The Kier molecular flexibility index (Phi) is 4.76. The van der Waals surface area contributed by atoms with Gasteiger partial charge in [0.15, 0.2) is 5.65 Å². The van der Waals surface area contributed by atoms with Crippen LogP contribution in [0.4, 0.5) is 11.5 Å². The van der Waals surface area contributed by atoms with E-state index in [9.17, 15) is 4.79 Å². The molecule has 0 aliphatic rings. The Balaban J connectivity index is 1.78. The molecule has 4 aromatic rings. The van der Waals surface area contributed by atoms with Gasteiger partial charge in [0.1, 0.15) is 11.5 Å². The highest BCUT2D eigenvalue weighted by atomic mass is 16.5. The number of imidazole rings is 1. The van der Waals surface area contributed by atoms with Gasteiger partial charge in [-0.15, -0.1) is 0 Å². The fraction of sp³-hybridized carbons (Fsp3) is 0.136. The van der Waals surface area contributed by atoms with Crippen molar-refractivity contribution in [3.05, 3.63) is 78.2 Å². The first kappa shape index (κ1) is 17.7. The number of hydrogen-bond donors (Lipinski definition) is 1. The van der Waals surface area contributed by atoms with Crippen LogP contribution in [0.3, 0.4) is 0 Å². The van der Waals surface area contributed by atoms with Crippen molar-refractivity contribution in [3.63, 3.8) is 0 Å². The average molecular weight is 372 g/mol. The number of aromatic nitrogens is 3. The summed E-state index contributed by atoms with van der Waals surface area (Å²) in [5.41, 5.74) is 5.01. The van der Waals surface area contributed by atoms with E-state index < -0.39 is 0 Å². The van der Waals surface area contributed by atoms with E-state index in [1.54, 1.807) is 31.5 Å². The molecule has 6 heteroatoms. The molecule has 0 amide bonds. The first-order valence-corrected chi connectivity index (χ1v) is 9.09. The van der Waals surface area contributed by atoms with Gasteiger partial charge >= 0.3 is 5.97 Å². The topological polar surface area (TPSA) is 68.5 Å². The maximum absolute atomic E-state index is 12.1. The maximum atomic E-state index is 12.1. The third-order valence-electron chi connectivity index (χ3n) is 4.39. The number of hydrogen-bond acceptors (Lipinski definition) is 5. The lowest BCUT2D eigenvalue weighted by molar-refractivity contribution is 0.0526. The monoisotopic (exact) mass is 372 g/mol. The van der Waals surface area contributed by atoms with Crippen LogP contribution in [0.1, 0.15) is 22.8 Å². The van der Waals surface area contributed by atoms with Gasteiger partial charge in [-0.2, -0.15) is 0 Å². The summed E-state index contributed by atoms with van der Waals surface area (Å²) in [5, 5.41) is 3.41. The number of fused-ring (bicyclic) bond motifs is 1. The van der Waals surface area contributed by atoms with Crippen LogP contribution in [-0.4, -0.2) is 26.9 Å². The summed E-state index contributed by atoms with van der Waals surface area (Å²) >= 11 is 0. The second-order valence-electron chi connectivity index (χ2n) is 6.41. The molecule has 0 atom stereocenters. The second kappa shape index (κ2) is 7.52. The second-order valence-corrected chi connectivity index (χ2v) is 6.41. The SMILES string of the molecule is CCOC(=O)c1cccc(Nc2c(-c3ccc(C)cc3)nc3cnccn23)c1. The summed E-state index contributed by atoms with van der Waals surface area (Å²) < 4.78 is 7.04. The van der Waals surface area contributed by atoms with E-state index in [-0.39, 0.29) is 5.97 Å². The van der Waals surface area contributed by atoms with Crippen molar-refractivity contribution >= 4 is 23.1 Å². The number of benzene rings is 2. The molecule has 0 saturated heterocycles. The highest BCUT2D eigenvalue weighted by Gasteiger charge is 2.15. The van der Waals surface area contributed by atoms with E-state index in [0.717, 1.165) is 28.4 Å². The molecule has 28 heavy (non-hydrogen) atoms. The number of carbonyl (C=O) groups is 1. The number of anilines is 2. The maximum Gasteiger partial charge on any atom is 0.338 e. The fourth-order valence-corrected chi connectivity index (χ4v) is 3.01. The number of rotatable bonds is 5. The zero-order valence-electron chi connectivity index (χ0n) is 15.7. The molecule has 1 N–H and O–H groups in total. The van der Waals surface area contributed by atoms with Gasteiger partial charge in [-0.05, 0) is 32.0 Å². The van der Waals surface area contributed by atoms with Crippen LogP contribution in [0.15, 0.2) is 67.1 Å². The predicted molar refractivity (Wildman–Crippen MR) is 109 cm³/mol. The van der Waals surface area contributed by atoms with Gasteiger partial charge in [0.05, 0.1) is 18.4 Å². The molecule has 0 aliphatic carbocycles. The molecular weight excluding hydrogens is 352 g/mol. The molecular formula is C22H20N4O2. The largest absolute Gasteiger partial charge is 0.462 e. The molecule has 0 spiro atoms. The minimum absolute atomic E-state index is 0.341. The third-order valence-corrected chi connectivity index (χ3v) is 4.39. The van der Waals surface area contributed by atoms with Crippen LogP contribution in [0.25, 0.3) is 16.9 Å². The van der Waals surface area contributed by atoms with E-state index in [1.165, 1.54) is 5.56 Å². The molecule has 0 unspecified atom stereocenters. The van der Waals surface area contributed by atoms with Crippen molar-refractivity contribution < 1.29 is 9.53 Å². The number of carbonyl (C=O) groups excluding carboxylic acids is 1. The Labute approximate surface area is 162 Å². The zero-order valence-corrected chi connectivity index (χ0v) is 15.7. The third kappa shape index (κ3) is 3.44. The van der Waals surface area contributed by atoms with Gasteiger partial charge in [0, 0.05) is 23.6 Å². The first-order valence-electron chi connectivity index (χ1n) is 9.09. The molecule has 0 bridgehead atoms. The minimum Gasteiger partial charge on any atom is -0.462 e. The fourth-order valence-electron chi connectivity index (χ4n) is 3.01. The van der Waals surface area contributed by atoms with Gasteiger partial charge in [0.25, 0.3) is 0 Å². The molecule has 0 aliphatic heterocycles. The smallest absolute Gasteiger partial charge is 0.338 e. The van der Waals surface area contributed by atoms with Crippen molar-refractivity contribution in [3.8, 4) is 11.3 Å². The Morgan fingerprint density at radius 3 is 2.79 bits per heavy atom. The summed E-state index contributed by atoms with van der Waals surface area (Å²) in [4.78, 5) is 21.0. The molecule has 0 fully saturated rings. The van der Waals surface area contributed by atoms with E-state index in [2.05, 4.69) is 29.4 Å². The zero-order chi connectivity index (χ0) is 19.5. The molecule has 2 aromatic carbocycles. The Hall–Kier alpha value is -3.67. The Morgan fingerprint density at radius 2 is 2.00 bits per heavy atom. The van der Waals surface area contributed by atoms with Crippen molar-refractivity contribution in [2.24, 2.45) is 0 Å². The molecule has 6 nitrogen and oxygen atoms in total. The first-order chi connectivity index (χ1) is 13.7. The number of esters is 1. The average Bonchev–Trinajstić information content (AvgIpc) is 3.07. The van der Waals surface area contributed by atoms with Crippen molar-refractivity contribution in [1.82, 2.24) is 14.4 Å². The van der Waals surface area contributed by atoms with Gasteiger partial charge in [0.2, 0.25) is 0 Å². The lowest BCUT2D eigenvalue weighted by atomic mass is 10.1. The highest BCUT2D eigenvalue weighted by molar-refractivity contribution is 5.91. The van der Waals surface area contributed by atoms with Gasteiger partial charge in [-0.1, -0.05) is 35.9 Å². The number of ether oxygens (including phenoxy) is 1. The van der Waals surface area contributed by atoms with Crippen LogP contribution in [0.2, 0.25) is 0 Å². The van der Waals surface area contributed by atoms with Crippen molar-refractivity contribution in [2.75, 3.05) is 11.9 Å². The molecule has 140 valence electrons. The van der Waals surface area contributed by atoms with Crippen LogP contribution in [-0.2, 0) is 4.74 Å². The molecule has 2 aromatic heterocycles. The summed E-state index contributed by atoms with van der Waals surface area (Å²) in [6, 6.07) is 15.5. The van der Waals surface area contributed by atoms with E-state index in [1.807, 2.05) is 34.9 Å². The lowest BCUT2D eigenvalue weighted by Crippen LogP contribution is -2.05. The lowest BCUT2D eigenvalue weighted by Gasteiger charge is -2.10.